The molecule has 0 bridgehead atoms. The lowest BCUT2D eigenvalue weighted by Gasteiger charge is -2.29. The van der Waals surface area contributed by atoms with E-state index in [4.69, 9.17) is 0 Å². The fourth-order valence-electron chi connectivity index (χ4n) is 2.94. The minimum absolute atomic E-state index is 0.0648. The summed E-state index contributed by atoms with van der Waals surface area (Å²) in [7, 11) is 0. The van der Waals surface area contributed by atoms with E-state index >= 15 is 0 Å². The third-order valence-corrected chi connectivity index (χ3v) is 5.27. The van der Waals surface area contributed by atoms with E-state index in [9.17, 15) is 9.50 Å². The van der Waals surface area contributed by atoms with Crippen molar-refractivity contribution in [1.29, 1.82) is 0 Å². The number of aromatic nitrogens is 3. The molecule has 1 aliphatic heterocycles. The molecular formula is C15H16FN3OS. The van der Waals surface area contributed by atoms with E-state index in [-0.39, 0.29) is 12.1 Å². The Morgan fingerprint density at radius 1 is 1.19 bits per heavy atom. The summed E-state index contributed by atoms with van der Waals surface area (Å²) in [5, 5.41) is 14.8. The molecule has 0 amide bonds. The zero-order valence-electron chi connectivity index (χ0n) is 11.4. The first kappa shape index (κ1) is 13.3. The number of alkyl halides is 1. The Balaban J connectivity index is 1.59. The summed E-state index contributed by atoms with van der Waals surface area (Å²) < 4.78 is 15.9. The molecule has 1 fully saturated rings. The molecule has 1 N–H and O–H groups in total. The Labute approximate surface area is 126 Å². The van der Waals surface area contributed by atoms with Crippen LogP contribution in [0.3, 0.4) is 0 Å². The molecule has 2 aromatic rings. The van der Waals surface area contributed by atoms with Crippen LogP contribution in [0.2, 0.25) is 0 Å². The minimum Gasteiger partial charge on any atom is -0.393 e. The second-order valence-corrected chi connectivity index (χ2v) is 6.96. The average Bonchev–Trinajstić information content (AvgIpc) is 2.99. The molecule has 4 nitrogen and oxygen atoms in total. The number of aliphatic hydroxyl groups is 1. The van der Waals surface area contributed by atoms with Gasteiger partial charge in [-0.3, -0.25) is 0 Å². The third-order valence-electron chi connectivity index (χ3n) is 4.17. The highest BCUT2D eigenvalue weighted by atomic mass is 32.2. The molecule has 0 saturated heterocycles. The quantitative estimate of drug-likeness (QED) is 0.947. The van der Waals surface area contributed by atoms with E-state index in [1.54, 1.807) is 16.4 Å². The van der Waals surface area contributed by atoms with Crippen molar-refractivity contribution in [1.82, 2.24) is 14.8 Å². The van der Waals surface area contributed by atoms with Crippen LogP contribution in [0.4, 0.5) is 4.39 Å². The highest BCUT2D eigenvalue weighted by Crippen LogP contribution is 2.42. The SMILES string of the molecule is O[C@H]1C[C@H](Sc2nc3n(n2)[C@H](c2ccccc2)C[C@@H]3F)C1. The van der Waals surface area contributed by atoms with Gasteiger partial charge in [-0.15, -0.1) is 5.10 Å². The number of aliphatic hydroxyl groups excluding tert-OH is 1. The third kappa shape index (κ3) is 2.36. The fourth-order valence-corrected chi connectivity index (χ4v) is 4.16. The summed E-state index contributed by atoms with van der Waals surface area (Å²) in [4.78, 5) is 4.35. The van der Waals surface area contributed by atoms with Gasteiger partial charge < -0.3 is 5.11 Å². The number of fused-ring (bicyclic) bond motifs is 1. The van der Waals surface area contributed by atoms with Gasteiger partial charge in [0.1, 0.15) is 0 Å². The Hall–Kier alpha value is -1.40. The first-order valence-electron chi connectivity index (χ1n) is 7.21. The Morgan fingerprint density at radius 3 is 2.67 bits per heavy atom. The predicted octanol–water partition coefficient (Wildman–Crippen LogP) is 2.90. The van der Waals surface area contributed by atoms with Crippen molar-refractivity contribution in [3.63, 3.8) is 0 Å². The summed E-state index contributed by atoms with van der Waals surface area (Å²) in [6.07, 6.45) is 0.713. The molecule has 2 heterocycles. The molecule has 1 saturated carbocycles. The monoisotopic (exact) mass is 305 g/mol. The molecule has 2 aliphatic rings. The van der Waals surface area contributed by atoms with Crippen molar-refractivity contribution >= 4 is 11.8 Å². The van der Waals surface area contributed by atoms with Crippen molar-refractivity contribution in [3.8, 4) is 0 Å². The maximum absolute atomic E-state index is 14.2. The van der Waals surface area contributed by atoms with Crippen molar-refractivity contribution in [2.75, 3.05) is 0 Å². The summed E-state index contributed by atoms with van der Waals surface area (Å²) >= 11 is 1.55. The molecular weight excluding hydrogens is 289 g/mol. The van der Waals surface area contributed by atoms with E-state index in [0.29, 0.717) is 22.7 Å². The van der Waals surface area contributed by atoms with Crippen molar-refractivity contribution in [3.05, 3.63) is 41.7 Å². The largest absolute Gasteiger partial charge is 0.393 e. The van der Waals surface area contributed by atoms with Crippen LogP contribution in [-0.2, 0) is 0 Å². The zero-order valence-corrected chi connectivity index (χ0v) is 12.2. The lowest BCUT2D eigenvalue weighted by atomic mass is 9.96. The number of benzene rings is 1. The molecule has 21 heavy (non-hydrogen) atoms. The molecule has 1 aromatic heterocycles. The van der Waals surface area contributed by atoms with Crippen LogP contribution in [0.5, 0.6) is 0 Å². The van der Waals surface area contributed by atoms with Crippen molar-refractivity contribution in [2.24, 2.45) is 0 Å². The summed E-state index contributed by atoms with van der Waals surface area (Å²) in [5.74, 6) is 0.436. The lowest BCUT2D eigenvalue weighted by molar-refractivity contribution is 0.101. The molecule has 110 valence electrons. The van der Waals surface area contributed by atoms with Gasteiger partial charge in [0.2, 0.25) is 5.16 Å². The van der Waals surface area contributed by atoms with E-state index in [1.165, 1.54) is 0 Å². The number of thioether (sulfide) groups is 1. The smallest absolute Gasteiger partial charge is 0.209 e. The summed E-state index contributed by atoms with van der Waals surface area (Å²) in [6, 6.07) is 9.82. The van der Waals surface area contributed by atoms with Crippen molar-refractivity contribution in [2.45, 2.75) is 48.0 Å². The lowest BCUT2D eigenvalue weighted by Crippen LogP contribution is -2.30. The molecule has 0 radical (unpaired) electrons. The number of halogens is 1. The van der Waals surface area contributed by atoms with Crippen molar-refractivity contribution < 1.29 is 9.50 Å². The topological polar surface area (TPSA) is 50.9 Å². The molecule has 1 aliphatic carbocycles. The van der Waals surface area contributed by atoms with Gasteiger partial charge in [-0.1, -0.05) is 42.1 Å². The van der Waals surface area contributed by atoms with Gasteiger partial charge in [0, 0.05) is 11.7 Å². The normalized spacial score (nSPS) is 31.0. The van der Waals surface area contributed by atoms with Crippen LogP contribution in [0.1, 0.15) is 42.9 Å². The van der Waals surface area contributed by atoms with E-state index in [1.807, 2.05) is 30.3 Å². The molecule has 6 heteroatoms. The molecule has 1 aromatic carbocycles. The van der Waals surface area contributed by atoms with Gasteiger partial charge >= 0.3 is 0 Å². The summed E-state index contributed by atoms with van der Waals surface area (Å²) in [6.45, 7) is 0. The summed E-state index contributed by atoms with van der Waals surface area (Å²) in [5.41, 5.74) is 1.07. The van der Waals surface area contributed by atoms with E-state index in [2.05, 4.69) is 10.1 Å². The maximum Gasteiger partial charge on any atom is 0.209 e. The molecule has 4 rings (SSSR count). The number of rotatable bonds is 3. The number of hydrogen-bond acceptors (Lipinski definition) is 4. The predicted molar refractivity (Wildman–Crippen MR) is 78.0 cm³/mol. The first-order chi connectivity index (χ1) is 10.2. The van der Waals surface area contributed by atoms with Crippen LogP contribution >= 0.6 is 11.8 Å². The van der Waals surface area contributed by atoms with Gasteiger partial charge in [-0.2, -0.15) is 0 Å². The van der Waals surface area contributed by atoms with E-state index < -0.39 is 6.17 Å². The zero-order chi connectivity index (χ0) is 14.4. The molecule has 0 unspecified atom stereocenters. The van der Waals surface area contributed by atoms with Crippen LogP contribution in [0, 0.1) is 0 Å². The van der Waals surface area contributed by atoms with Crippen LogP contribution in [0.15, 0.2) is 35.5 Å². The highest BCUT2D eigenvalue weighted by molar-refractivity contribution is 7.99. The highest BCUT2D eigenvalue weighted by Gasteiger charge is 2.36. The van der Waals surface area contributed by atoms with Gasteiger partial charge in [0.15, 0.2) is 12.0 Å². The second kappa shape index (κ2) is 5.10. The first-order valence-corrected chi connectivity index (χ1v) is 8.09. The van der Waals surface area contributed by atoms with Crippen LogP contribution in [0.25, 0.3) is 0 Å². The Kier molecular flexibility index (Phi) is 3.23. The number of nitrogens with zero attached hydrogens (tertiary/aromatic N) is 3. The minimum atomic E-state index is -1.05. The maximum atomic E-state index is 14.2. The fraction of sp³-hybridized carbons (Fsp3) is 0.467. The Morgan fingerprint density at radius 2 is 1.95 bits per heavy atom. The van der Waals surface area contributed by atoms with E-state index in [0.717, 1.165) is 18.4 Å². The molecule has 0 spiro atoms. The average molecular weight is 305 g/mol. The second-order valence-electron chi connectivity index (χ2n) is 5.69. The van der Waals surface area contributed by atoms with Crippen LogP contribution < -0.4 is 0 Å². The molecule has 2 atom stereocenters. The van der Waals surface area contributed by atoms with Gasteiger partial charge in [-0.25, -0.2) is 14.1 Å². The number of hydrogen-bond donors (Lipinski definition) is 1. The standard InChI is InChI=1S/C15H16FN3OS/c16-12-8-13(9-4-2-1-3-5-9)19-14(12)17-15(18-19)21-11-6-10(20)7-11/h1-5,10-13,20H,6-8H2/t10-,11-,12-,13-/m0/s1. The van der Waals surface area contributed by atoms with Gasteiger partial charge in [-0.05, 0) is 18.4 Å². The Bertz CT molecular complexity index is 642. The van der Waals surface area contributed by atoms with Crippen LogP contribution in [-0.4, -0.2) is 31.2 Å². The van der Waals surface area contributed by atoms with Gasteiger partial charge in [0.25, 0.3) is 0 Å². The van der Waals surface area contributed by atoms with Gasteiger partial charge in [0.05, 0.1) is 12.1 Å².